The van der Waals surface area contributed by atoms with Gasteiger partial charge < -0.3 is 5.32 Å². The van der Waals surface area contributed by atoms with E-state index in [9.17, 15) is 0 Å². The summed E-state index contributed by atoms with van der Waals surface area (Å²) in [4.78, 5) is 0. The van der Waals surface area contributed by atoms with Gasteiger partial charge in [-0.05, 0) is 54.2 Å². The lowest BCUT2D eigenvalue weighted by Gasteiger charge is -2.10. The second-order valence-electron chi connectivity index (χ2n) is 5.31. The molecule has 0 spiro atoms. The van der Waals surface area contributed by atoms with Gasteiger partial charge in [-0.25, -0.2) is 0 Å². The Morgan fingerprint density at radius 3 is 2.47 bits per heavy atom. The molecule has 1 nitrogen and oxygen atoms in total. The monoisotopic (exact) mass is 315 g/mol. The van der Waals surface area contributed by atoms with Crippen molar-refractivity contribution in [2.45, 2.75) is 32.4 Å². The molecule has 2 aromatic rings. The zero-order chi connectivity index (χ0) is 13.2. The van der Waals surface area contributed by atoms with Crippen molar-refractivity contribution in [2.24, 2.45) is 0 Å². The van der Waals surface area contributed by atoms with Crippen LogP contribution in [0, 0.1) is 6.92 Å². The average molecular weight is 316 g/mol. The quantitative estimate of drug-likeness (QED) is 0.864. The average Bonchev–Trinajstić information content (AvgIpc) is 3.22. The minimum Gasteiger partial charge on any atom is -0.310 e. The highest BCUT2D eigenvalue weighted by atomic mass is 79.9. The van der Waals surface area contributed by atoms with E-state index in [4.69, 9.17) is 0 Å². The summed E-state index contributed by atoms with van der Waals surface area (Å²) in [6, 6.07) is 16.1. The van der Waals surface area contributed by atoms with E-state index in [2.05, 4.69) is 70.6 Å². The van der Waals surface area contributed by atoms with E-state index in [1.54, 1.807) is 0 Å². The normalized spacial score (nSPS) is 14.6. The second kappa shape index (κ2) is 5.48. The molecule has 1 N–H and O–H groups in total. The molecular weight excluding hydrogens is 298 g/mol. The molecule has 2 aromatic carbocycles. The topological polar surface area (TPSA) is 12.0 Å². The smallest absolute Gasteiger partial charge is 0.0208 e. The van der Waals surface area contributed by atoms with Gasteiger partial charge >= 0.3 is 0 Å². The van der Waals surface area contributed by atoms with Crippen LogP contribution < -0.4 is 5.32 Å². The number of rotatable bonds is 4. The van der Waals surface area contributed by atoms with E-state index in [1.165, 1.54) is 35.1 Å². The van der Waals surface area contributed by atoms with Crippen LogP contribution >= 0.6 is 15.9 Å². The van der Waals surface area contributed by atoms with Crippen LogP contribution in [0.15, 0.2) is 46.9 Å². The van der Waals surface area contributed by atoms with Crippen LogP contribution in [0.25, 0.3) is 11.1 Å². The molecule has 0 saturated heterocycles. The zero-order valence-corrected chi connectivity index (χ0v) is 12.7. The Balaban J connectivity index is 1.80. The molecule has 0 atom stereocenters. The van der Waals surface area contributed by atoms with Gasteiger partial charge in [-0.15, -0.1) is 0 Å². The minimum atomic E-state index is 0.770. The molecule has 1 aliphatic carbocycles. The van der Waals surface area contributed by atoms with Crippen molar-refractivity contribution in [3.8, 4) is 11.1 Å². The van der Waals surface area contributed by atoms with Crippen molar-refractivity contribution in [1.29, 1.82) is 0 Å². The number of benzene rings is 2. The predicted molar refractivity (Wildman–Crippen MR) is 84.2 cm³/mol. The molecular formula is C17H18BrN. The number of aryl methyl sites for hydroxylation is 1. The summed E-state index contributed by atoms with van der Waals surface area (Å²) in [5.74, 6) is 0. The van der Waals surface area contributed by atoms with Crippen molar-refractivity contribution in [2.75, 3.05) is 0 Å². The molecule has 1 saturated carbocycles. The third kappa shape index (κ3) is 3.26. The Morgan fingerprint density at radius 1 is 1.11 bits per heavy atom. The number of halogens is 1. The summed E-state index contributed by atoms with van der Waals surface area (Å²) < 4.78 is 1.12. The van der Waals surface area contributed by atoms with Gasteiger partial charge in [0, 0.05) is 17.1 Å². The van der Waals surface area contributed by atoms with Gasteiger partial charge in [0.15, 0.2) is 0 Å². The molecule has 1 aliphatic rings. The van der Waals surface area contributed by atoms with E-state index in [1.807, 2.05) is 0 Å². The van der Waals surface area contributed by atoms with Crippen molar-refractivity contribution >= 4 is 15.9 Å². The van der Waals surface area contributed by atoms with Crippen LogP contribution in [-0.2, 0) is 6.54 Å². The lowest BCUT2D eigenvalue weighted by Crippen LogP contribution is -2.15. The highest BCUT2D eigenvalue weighted by Gasteiger charge is 2.19. The Labute approximate surface area is 123 Å². The Bertz CT molecular complexity index is 570. The first kappa shape index (κ1) is 12.9. The molecule has 0 radical (unpaired) electrons. The number of nitrogens with one attached hydrogen (secondary N) is 1. The zero-order valence-electron chi connectivity index (χ0n) is 11.1. The van der Waals surface area contributed by atoms with Gasteiger partial charge in [0.1, 0.15) is 0 Å². The highest BCUT2D eigenvalue weighted by molar-refractivity contribution is 9.10. The molecule has 19 heavy (non-hydrogen) atoms. The summed E-state index contributed by atoms with van der Waals surface area (Å²) in [6.45, 7) is 3.18. The van der Waals surface area contributed by atoms with Gasteiger partial charge in [0.05, 0.1) is 0 Å². The maximum atomic E-state index is 3.56. The third-order valence-electron chi connectivity index (χ3n) is 3.62. The van der Waals surface area contributed by atoms with Crippen molar-refractivity contribution < 1.29 is 0 Å². The lowest BCUT2D eigenvalue weighted by molar-refractivity contribution is 0.687. The maximum Gasteiger partial charge on any atom is 0.0208 e. The first-order valence-electron chi connectivity index (χ1n) is 6.81. The SMILES string of the molecule is Cc1cc(CNC2CC2)ccc1-c1ccc(Br)cc1. The van der Waals surface area contributed by atoms with Crippen molar-refractivity contribution in [3.63, 3.8) is 0 Å². The summed E-state index contributed by atoms with van der Waals surface area (Å²) in [5, 5.41) is 3.56. The molecule has 0 amide bonds. The van der Waals surface area contributed by atoms with E-state index in [-0.39, 0.29) is 0 Å². The highest BCUT2D eigenvalue weighted by Crippen LogP contribution is 2.26. The summed E-state index contributed by atoms with van der Waals surface area (Å²) in [5.41, 5.74) is 5.33. The Kier molecular flexibility index (Phi) is 3.72. The van der Waals surface area contributed by atoms with E-state index in [0.29, 0.717) is 0 Å². The summed E-state index contributed by atoms with van der Waals surface area (Å²) in [6.07, 6.45) is 2.69. The summed E-state index contributed by atoms with van der Waals surface area (Å²) >= 11 is 3.48. The minimum absolute atomic E-state index is 0.770. The van der Waals surface area contributed by atoms with Gasteiger partial charge in [0.2, 0.25) is 0 Å². The lowest BCUT2D eigenvalue weighted by atomic mass is 9.98. The van der Waals surface area contributed by atoms with Crippen LogP contribution in [-0.4, -0.2) is 6.04 Å². The fourth-order valence-electron chi connectivity index (χ4n) is 2.34. The van der Waals surface area contributed by atoms with Gasteiger partial charge in [0.25, 0.3) is 0 Å². The fourth-order valence-corrected chi connectivity index (χ4v) is 2.60. The van der Waals surface area contributed by atoms with Gasteiger partial charge in [-0.3, -0.25) is 0 Å². The number of hydrogen-bond donors (Lipinski definition) is 1. The summed E-state index contributed by atoms with van der Waals surface area (Å²) in [7, 11) is 0. The predicted octanol–water partition coefficient (Wildman–Crippen LogP) is 4.68. The standard InChI is InChI=1S/C17H18BrN/c1-12-10-13(11-19-16-7-8-16)2-9-17(12)14-3-5-15(18)6-4-14/h2-6,9-10,16,19H,7-8,11H2,1H3. The Hall–Kier alpha value is -1.12. The molecule has 2 heteroatoms. The maximum absolute atomic E-state index is 3.56. The van der Waals surface area contributed by atoms with Crippen LogP contribution in [0.3, 0.4) is 0 Å². The molecule has 0 unspecified atom stereocenters. The molecule has 0 bridgehead atoms. The molecule has 3 rings (SSSR count). The molecule has 0 aromatic heterocycles. The fraction of sp³-hybridized carbons (Fsp3) is 0.294. The van der Waals surface area contributed by atoms with E-state index in [0.717, 1.165) is 17.1 Å². The first-order chi connectivity index (χ1) is 9.22. The molecule has 1 fully saturated rings. The van der Waals surface area contributed by atoms with Crippen molar-refractivity contribution in [1.82, 2.24) is 5.32 Å². The molecule has 0 aliphatic heterocycles. The Morgan fingerprint density at radius 2 is 1.84 bits per heavy atom. The van der Waals surface area contributed by atoms with Gasteiger partial charge in [-0.1, -0.05) is 46.3 Å². The van der Waals surface area contributed by atoms with Crippen LogP contribution in [0.2, 0.25) is 0 Å². The van der Waals surface area contributed by atoms with Crippen molar-refractivity contribution in [3.05, 3.63) is 58.1 Å². The number of hydrogen-bond acceptors (Lipinski definition) is 1. The van der Waals surface area contributed by atoms with Crippen LogP contribution in [0.5, 0.6) is 0 Å². The van der Waals surface area contributed by atoms with Crippen LogP contribution in [0.1, 0.15) is 24.0 Å². The third-order valence-corrected chi connectivity index (χ3v) is 4.15. The molecule has 0 heterocycles. The van der Waals surface area contributed by atoms with Gasteiger partial charge in [-0.2, -0.15) is 0 Å². The van der Waals surface area contributed by atoms with E-state index >= 15 is 0 Å². The van der Waals surface area contributed by atoms with E-state index < -0.39 is 0 Å². The largest absolute Gasteiger partial charge is 0.310 e. The second-order valence-corrected chi connectivity index (χ2v) is 6.23. The van der Waals surface area contributed by atoms with Crippen LogP contribution in [0.4, 0.5) is 0 Å². The first-order valence-corrected chi connectivity index (χ1v) is 7.60. The molecule has 98 valence electrons.